The van der Waals surface area contributed by atoms with E-state index in [1.807, 2.05) is 39.9 Å². The number of piperidine rings is 1. The second-order valence-corrected chi connectivity index (χ2v) is 6.36. The molecule has 0 spiro atoms. The number of aromatic nitrogens is 1. The first-order valence-corrected chi connectivity index (χ1v) is 8.26. The third kappa shape index (κ3) is 3.53. The van der Waals surface area contributed by atoms with E-state index >= 15 is 0 Å². The monoisotopic (exact) mass is 329 g/mol. The minimum atomic E-state index is -0.256. The van der Waals surface area contributed by atoms with E-state index < -0.39 is 0 Å². The third-order valence-corrected chi connectivity index (χ3v) is 4.74. The standard InChI is InChI=1S/C18H23N3O3/c1-24-15-2-3-16-14(11-15)6-9-21(16)12-18(23)20-7-4-13(5-8-20)10-17(19)22/h2-3,6,9,11,13H,4-5,7-8,10,12H2,1H3,(H2,19,22). The Labute approximate surface area is 141 Å². The summed E-state index contributed by atoms with van der Waals surface area (Å²) in [5, 5.41) is 1.06. The van der Waals surface area contributed by atoms with Gasteiger partial charge in [-0.1, -0.05) is 0 Å². The van der Waals surface area contributed by atoms with Crippen LogP contribution in [-0.4, -0.2) is 41.5 Å². The molecule has 0 unspecified atom stereocenters. The van der Waals surface area contributed by atoms with E-state index in [-0.39, 0.29) is 11.8 Å². The first-order chi connectivity index (χ1) is 11.6. The summed E-state index contributed by atoms with van der Waals surface area (Å²) < 4.78 is 7.19. The minimum Gasteiger partial charge on any atom is -0.497 e. The van der Waals surface area contributed by atoms with Crippen molar-refractivity contribution in [2.75, 3.05) is 20.2 Å². The van der Waals surface area contributed by atoms with Crippen molar-refractivity contribution >= 4 is 22.7 Å². The van der Waals surface area contributed by atoms with Gasteiger partial charge >= 0.3 is 0 Å². The van der Waals surface area contributed by atoms with Crippen LogP contribution in [0.2, 0.25) is 0 Å². The lowest BCUT2D eigenvalue weighted by Crippen LogP contribution is -2.40. The summed E-state index contributed by atoms with van der Waals surface area (Å²) in [6, 6.07) is 7.83. The molecule has 1 fully saturated rings. The predicted octanol–water partition coefficient (Wildman–Crippen LogP) is 1.76. The van der Waals surface area contributed by atoms with E-state index in [1.165, 1.54) is 0 Å². The molecule has 6 nitrogen and oxygen atoms in total. The number of carbonyl (C=O) groups excluding carboxylic acids is 2. The van der Waals surface area contributed by atoms with Gasteiger partial charge in [0.2, 0.25) is 11.8 Å². The molecule has 0 saturated carbocycles. The summed E-state index contributed by atoms with van der Waals surface area (Å²) in [6.45, 7) is 1.73. The second-order valence-electron chi connectivity index (χ2n) is 6.36. The van der Waals surface area contributed by atoms with Gasteiger partial charge < -0.3 is 19.9 Å². The zero-order valence-corrected chi connectivity index (χ0v) is 13.9. The smallest absolute Gasteiger partial charge is 0.242 e. The van der Waals surface area contributed by atoms with Crippen molar-refractivity contribution in [3.8, 4) is 5.75 Å². The number of primary amides is 1. The molecule has 1 aliphatic rings. The Balaban J connectivity index is 1.62. The molecule has 0 radical (unpaired) electrons. The second kappa shape index (κ2) is 6.95. The highest BCUT2D eigenvalue weighted by Gasteiger charge is 2.24. The van der Waals surface area contributed by atoms with Gasteiger partial charge in [0.25, 0.3) is 0 Å². The van der Waals surface area contributed by atoms with Gasteiger partial charge in [-0.2, -0.15) is 0 Å². The highest BCUT2D eigenvalue weighted by Crippen LogP contribution is 2.23. The highest BCUT2D eigenvalue weighted by molar-refractivity contribution is 5.84. The van der Waals surface area contributed by atoms with Gasteiger partial charge in [-0.05, 0) is 43.0 Å². The van der Waals surface area contributed by atoms with Gasteiger partial charge in [0.05, 0.1) is 7.11 Å². The van der Waals surface area contributed by atoms with Crippen molar-refractivity contribution in [2.45, 2.75) is 25.8 Å². The van der Waals surface area contributed by atoms with Crippen LogP contribution in [-0.2, 0) is 16.1 Å². The maximum Gasteiger partial charge on any atom is 0.242 e. The van der Waals surface area contributed by atoms with Gasteiger partial charge in [0.15, 0.2) is 0 Å². The molecule has 24 heavy (non-hydrogen) atoms. The zero-order chi connectivity index (χ0) is 17.1. The van der Waals surface area contributed by atoms with Crippen LogP contribution in [0.3, 0.4) is 0 Å². The summed E-state index contributed by atoms with van der Waals surface area (Å²) >= 11 is 0. The molecule has 0 bridgehead atoms. The fraction of sp³-hybridized carbons (Fsp3) is 0.444. The Hall–Kier alpha value is -2.50. The number of likely N-dealkylation sites (tertiary alicyclic amines) is 1. The maximum atomic E-state index is 12.5. The number of ether oxygens (including phenoxy) is 1. The van der Waals surface area contributed by atoms with E-state index in [4.69, 9.17) is 10.5 Å². The number of nitrogens with zero attached hydrogens (tertiary/aromatic N) is 2. The zero-order valence-electron chi connectivity index (χ0n) is 13.9. The Morgan fingerprint density at radius 1 is 1.25 bits per heavy atom. The van der Waals surface area contributed by atoms with Crippen LogP contribution >= 0.6 is 0 Å². The number of hydrogen-bond donors (Lipinski definition) is 1. The van der Waals surface area contributed by atoms with Crippen LogP contribution in [0, 0.1) is 5.92 Å². The molecule has 2 N–H and O–H groups in total. The Bertz CT molecular complexity index is 745. The largest absolute Gasteiger partial charge is 0.497 e. The van der Waals surface area contributed by atoms with Crippen LogP contribution in [0.15, 0.2) is 30.5 Å². The van der Waals surface area contributed by atoms with Gasteiger partial charge in [-0.15, -0.1) is 0 Å². The third-order valence-electron chi connectivity index (χ3n) is 4.74. The quantitative estimate of drug-likeness (QED) is 0.908. The van der Waals surface area contributed by atoms with E-state index in [1.54, 1.807) is 7.11 Å². The van der Waals surface area contributed by atoms with Crippen molar-refractivity contribution in [3.63, 3.8) is 0 Å². The molecule has 6 heteroatoms. The number of nitrogens with two attached hydrogens (primary N) is 1. The van der Waals surface area contributed by atoms with Gasteiger partial charge in [-0.3, -0.25) is 9.59 Å². The lowest BCUT2D eigenvalue weighted by molar-refractivity contribution is -0.133. The predicted molar refractivity (Wildman–Crippen MR) is 91.6 cm³/mol. The van der Waals surface area contributed by atoms with Crippen LogP contribution in [0.4, 0.5) is 0 Å². The number of amides is 2. The molecule has 2 heterocycles. The van der Waals surface area contributed by atoms with Crippen molar-refractivity contribution in [2.24, 2.45) is 11.7 Å². The average Bonchev–Trinajstić information content (AvgIpc) is 2.97. The molecule has 1 saturated heterocycles. The van der Waals surface area contributed by atoms with Gasteiger partial charge in [0, 0.05) is 36.6 Å². The van der Waals surface area contributed by atoms with Crippen molar-refractivity contribution in [3.05, 3.63) is 30.5 Å². The van der Waals surface area contributed by atoms with E-state index in [0.717, 1.165) is 29.5 Å². The fourth-order valence-corrected chi connectivity index (χ4v) is 3.36. The number of methoxy groups -OCH3 is 1. The summed E-state index contributed by atoms with van der Waals surface area (Å²) in [7, 11) is 1.64. The first kappa shape index (κ1) is 16.4. The number of benzene rings is 1. The van der Waals surface area contributed by atoms with E-state index in [2.05, 4.69) is 0 Å². The molecule has 2 aromatic rings. The van der Waals surface area contributed by atoms with E-state index in [9.17, 15) is 9.59 Å². The molecule has 1 aromatic heterocycles. The number of hydrogen-bond acceptors (Lipinski definition) is 3. The Morgan fingerprint density at radius 2 is 2.00 bits per heavy atom. The fourth-order valence-electron chi connectivity index (χ4n) is 3.36. The Morgan fingerprint density at radius 3 is 2.67 bits per heavy atom. The molecule has 1 aliphatic heterocycles. The van der Waals surface area contributed by atoms with Crippen LogP contribution in [0.25, 0.3) is 10.9 Å². The number of rotatable bonds is 5. The van der Waals surface area contributed by atoms with Gasteiger partial charge in [0.1, 0.15) is 12.3 Å². The molecule has 3 rings (SSSR count). The van der Waals surface area contributed by atoms with E-state index in [0.29, 0.717) is 32.0 Å². The minimum absolute atomic E-state index is 0.112. The summed E-state index contributed by atoms with van der Waals surface area (Å²) in [6.07, 6.45) is 4.05. The molecular weight excluding hydrogens is 306 g/mol. The Kier molecular flexibility index (Phi) is 4.74. The highest BCUT2D eigenvalue weighted by atomic mass is 16.5. The molecule has 1 aromatic carbocycles. The summed E-state index contributed by atoms with van der Waals surface area (Å²) in [5.74, 6) is 0.976. The lowest BCUT2D eigenvalue weighted by Gasteiger charge is -2.31. The first-order valence-electron chi connectivity index (χ1n) is 8.26. The molecule has 128 valence electrons. The normalized spacial score (nSPS) is 15.6. The van der Waals surface area contributed by atoms with Crippen LogP contribution in [0.1, 0.15) is 19.3 Å². The SMILES string of the molecule is COc1ccc2c(ccn2CC(=O)N2CCC(CC(N)=O)CC2)c1. The molecule has 2 amide bonds. The topological polar surface area (TPSA) is 77.6 Å². The van der Waals surface area contributed by atoms with Crippen LogP contribution in [0.5, 0.6) is 5.75 Å². The summed E-state index contributed by atoms with van der Waals surface area (Å²) in [5.41, 5.74) is 6.27. The maximum absolute atomic E-state index is 12.5. The van der Waals surface area contributed by atoms with Crippen molar-refractivity contribution < 1.29 is 14.3 Å². The summed E-state index contributed by atoms with van der Waals surface area (Å²) in [4.78, 5) is 25.4. The van der Waals surface area contributed by atoms with Crippen molar-refractivity contribution in [1.82, 2.24) is 9.47 Å². The number of fused-ring (bicyclic) bond motifs is 1. The lowest BCUT2D eigenvalue weighted by atomic mass is 9.93. The average molecular weight is 329 g/mol. The van der Waals surface area contributed by atoms with Gasteiger partial charge in [-0.25, -0.2) is 0 Å². The molecule has 0 atom stereocenters. The number of carbonyl (C=O) groups is 2. The van der Waals surface area contributed by atoms with Crippen molar-refractivity contribution in [1.29, 1.82) is 0 Å². The molecular formula is C18H23N3O3. The van der Waals surface area contributed by atoms with Crippen LogP contribution < -0.4 is 10.5 Å². The molecule has 0 aliphatic carbocycles.